The van der Waals surface area contributed by atoms with Crippen molar-refractivity contribution >= 4 is 5.97 Å². The van der Waals surface area contributed by atoms with Gasteiger partial charge in [-0.2, -0.15) is 0 Å². The Morgan fingerprint density at radius 2 is 1.05 bits per heavy atom. The topological polar surface area (TPSA) is 135 Å². The van der Waals surface area contributed by atoms with Crippen molar-refractivity contribution in [1.29, 1.82) is 0 Å². The monoisotopic (exact) mass is 815 g/mol. The van der Waals surface area contributed by atoms with Crippen LogP contribution in [0.1, 0.15) is 155 Å². The van der Waals surface area contributed by atoms with Crippen LogP contribution in [0.2, 0.25) is 0 Å². The lowest BCUT2D eigenvalue weighted by Gasteiger charge is -2.39. The van der Waals surface area contributed by atoms with E-state index in [-0.39, 0.29) is 19.2 Å². The minimum Gasteiger partial charge on any atom is -0.457 e. The molecule has 9 heteroatoms. The lowest BCUT2D eigenvalue weighted by Crippen LogP contribution is -2.59. The van der Waals surface area contributed by atoms with Gasteiger partial charge in [0.25, 0.3) is 0 Å². The van der Waals surface area contributed by atoms with Crippen LogP contribution in [-0.4, -0.2) is 89.6 Å². The fraction of sp³-hybridized carbons (Fsp3) is 0.694. The molecular weight excluding hydrogens is 733 g/mol. The SMILES string of the molecule is CC/C=C\C/C=C\C/C=C\C/C=C\C/C=C\CCCCOCC(COC1OC(CO)C(O)C(O)C1O)OC(=O)CCCCCCCCC/C=C\C/C=C\CCCCC. The van der Waals surface area contributed by atoms with Crippen molar-refractivity contribution in [2.75, 3.05) is 26.4 Å². The van der Waals surface area contributed by atoms with Crippen LogP contribution < -0.4 is 0 Å². The largest absolute Gasteiger partial charge is 0.457 e. The van der Waals surface area contributed by atoms with Gasteiger partial charge in [0.1, 0.15) is 30.5 Å². The summed E-state index contributed by atoms with van der Waals surface area (Å²) in [7, 11) is 0. The first-order valence-corrected chi connectivity index (χ1v) is 22.7. The van der Waals surface area contributed by atoms with Gasteiger partial charge in [0, 0.05) is 13.0 Å². The predicted molar refractivity (Wildman–Crippen MR) is 237 cm³/mol. The molecule has 0 aromatic heterocycles. The van der Waals surface area contributed by atoms with E-state index in [1.165, 1.54) is 44.9 Å². The van der Waals surface area contributed by atoms with Crippen molar-refractivity contribution in [2.24, 2.45) is 0 Å². The Morgan fingerprint density at radius 3 is 1.59 bits per heavy atom. The third kappa shape index (κ3) is 30.4. The van der Waals surface area contributed by atoms with E-state index >= 15 is 0 Å². The highest BCUT2D eigenvalue weighted by atomic mass is 16.7. The molecule has 0 radical (unpaired) electrons. The van der Waals surface area contributed by atoms with Gasteiger partial charge in [0.05, 0.1) is 19.8 Å². The maximum Gasteiger partial charge on any atom is 0.306 e. The van der Waals surface area contributed by atoms with Gasteiger partial charge in [-0.1, -0.05) is 144 Å². The van der Waals surface area contributed by atoms with E-state index < -0.39 is 43.4 Å². The van der Waals surface area contributed by atoms with E-state index in [1.54, 1.807) is 0 Å². The highest BCUT2D eigenvalue weighted by molar-refractivity contribution is 5.69. The summed E-state index contributed by atoms with van der Waals surface area (Å²) in [5, 5.41) is 40.1. The smallest absolute Gasteiger partial charge is 0.306 e. The molecule has 1 aliphatic heterocycles. The molecule has 58 heavy (non-hydrogen) atoms. The lowest BCUT2D eigenvalue weighted by atomic mass is 9.99. The number of hydrogen-bond donors (Lipinski definition) is 4. The number of hydrogen-bond acceptors (Lipinski definition) is 9. The Kier molecular flexibility index (Phi) is 36.6. The van der Waals surface area contributed by atoms with Crippen LogP contribution in [0.25, 0.3) is 0 Å². The predicted octanol–water partition coefficient (Wildman–Crippen LogP) is 10.2. The molecule has 1 aliphatic rings. The molecule has 332 valence electrons. The maximum absolute atomic E-state index is 12.8. The summed E-state index contributed by atoms with van der Waals surface area (Å²) >= 11 is 0. The Labute approximate surface area is 352 Å². The van der Waals surface area contributed by atoms with Gasteiger partial charge >= 0.3 is 5.97 Å². The van der Waals surface area contributed by atoms with Gasteiger partial charge in [-0.3, -0.25) is 4.79 Å². The van der Waals surface area contributed by atoms with E-state index in [2.05, 4.69) is 98.9 Å². The molecule has 6 unspecified atom stereocenters. The summed E-state index contributed by atoms with van der Waals surface area (Å²) in [6.45, 7) is 4.28. The minimum atomic E-state index is -1.55. The fourth-order valence-corrected chi connectivity index (χ4v) is 6.25. The highest BCUT2D eigenvalue weighted by Crippen LogP contribution is 2.22. The van der Waals surface area contributed by atoms with Crippen LogP contribution in [0.4, 0.5) is 0 Å². The molecule has 0 aromatic carbocycles. The standard InChI is InChI=1S/C49H82O9/c1-3-5-7-9-11-13-15-17-19-21-23-25-27-29-31-33-35-37-39-55-41-43(42-56-49-48(54)47(53)46(52)44(40-50)58-49)57-45(51)38-36-34-32-30-28-26-24-22-20-18-16-14-12-10-8-6-4-2/h5,7,11-14,17-20,23,25,29,31,43-44,46-50,52-54H,3-4,6,8-10,15-16,21-22,24,26-28,30,32-42H2,1-2H3/b7-5-,13-11-,14-12-,19-17-,20-18-,25-23-,31-29-. The summed E-state index contributed by atoms with van der Waals surface area (Å²) in [6.07, 6.45) is 46.1. The molecule has 0 amide bonds. The number of aliphatic hydroxyl groups excluding tert-OH is 4. The molecule has 1 fully saturated rings. The van der Waals surface area contributed by atoms with Gasteiger partial charge < -0.3 is 39.4 Å². The third-order valence-electron chi connectivity index (χ3n) is 9.80. The number of rotatable bonds is 37. The van der Waals surface area contributed by atoms with E-state index in [1.807, 2.05) is 0 Å². The van der Waals surface area contributed by atoms with E-state index in [4.69, 9.17) is 18.9 Å². The molecule has 1 heterocycles. The molecule has 4 N–H and O–H groups in total. The molecule has 0 bridgehead atoms. The second-order valence-corrected chi connectivity index (χ2v) is 15.1. The molecule has 1 rings (SSSR count). The number of unbranched alkanes of at least 4 members (excludes halogenated alkanes) is 12. The zero-order chi connectivity index (χ0) is 42.2. The number of carbonyl (C=O) groups excluding carboxylic acids is 1. The van der Waals surface area contributed by atoms with Gasteiger partial charge in [0.15, 0.2) is 6.29 Å². The van der Waals surface area contributed by atoms with Gasteiger partial charge in [0.2, 0.25) is 0 Å². The Morgan fingerprint density at radius 1 is 0.569 bits per heavy atom. The van der Waals surface area contributed by atoms with Crippen molar-refractivity contribution in [2.45, 2.75) is 192 Å². The Hall–Kier alpha value is -2.63. The van der Waals surface area contributed by atoms with E-state index in [0.717, 1.165) is 89.9 Å². The second-order valence-electron chi connectivity index (χ2n) is 15.1. The average molecular weight is 815 g/mol. The van der Waals surface area contributed by atoms with Crippen LogP contribution in [0, 0.1) is 0 Å². The normalized spacial score (nSPS) is 21.1. The molecule has 0 aliphatic carbocycles. The first-order chi connectivity index (χ1) is 28.4. The summed E-state index contributed by atoms with van der Waals surface area (Å²) in [6, 6.07) is 0. The van der Waals surface area contributed by atoms with Crippen LogP contribution >= 0.6 is 0 Å². The molecule has 1 saturated heterocycles. The molecular formula is C49H82O9. The first kappa shape index (κ1) is 53.4. The number of carbonyl (C=O) groups is 1. The van der Waals surface area contributed by atoms with Crippen LogP contribution in [0.5, 0.6) is 0 Å². The Balaban J connectivity index is 2.32. The summed E-state index contributed by atoms with van der Waals surface area (Å²) < 4.78 is 22.8. The van der Waals surface area contributed by atoms with Gasteiger partial charge in [-0.05, 0) is 89.9 Å². The van der Waals surface area contributed by atoms with Crippen molar-refractivity contribution in [3.8, 4) is 0 Å². The zero-order valence-electron chi connectivity index (χ0n) is 36.3. The molecule has 9 nitrogen and oxygen atoms in total. The Bertz CT molecular complexity index is 1150. The quantitative estimate of drug-likeness (QED) is 0.0275. The number of ether oxygens (including phenoxy) is 4. The third-order valence-corrected chi connectivity index (χ3v) is 9.80. The minimum absolute atomic E-state index is 0.107. The molecule has 6 atom stereocenters. The van der Waals surface area contributed by atoms with E-state index in [9.17, 15) is 25.2 Å². The van der Waals surface area contributed by atoms with Crippen LogP contribution in [-0.2, 0) is 23.7 Å². The molecule has 0 saturated carbocycles. The van der Waals surface area contributed by atoms with Crippen molar-refractivity contribution < 1.29 is 44.2 Å². The van der Waals surface area contributed by atoms with Gasteiger partial charge in [-0.25, -0.2) is 0 Å². The average Bonchev–Trinajstić information content (AvgIpc) is 3.22. The second kappa shape index (κ2) is 39.8. The maximum atomic E-state index is 12.8. The zero-order valence-corrected chi connectivity index (χ0v) is 36.3. The van der Waals surface area contributed by atoms with Crippen molar-refractivity contribution in [3.63, 3.8) is 0 Å². The van der Waals surface area contributed by atoms with Crippen LogP contribution in [0.3, 0.4) is 0 Å². The number of esters is 1. The summed E-state index contributed by atoms with van der Waals surface area (Å²) in [4.78, 5) is 12.8. The van der Waals surface area contributed by atoms with Gasteiger partial charge in [-0.15, -0.1) is 0 Å². The van der Waals surface area contributed by atoms with Crippen LogP contribution in [0.15, 0.2) is 85.1 Å². The summed E-state index contributed by atoms with van der Waals surface area (Å²) in [5.74, 6) is -0.341. The lowest BCUT2D eigenvalue weighted by molar-refractivity contribution is -0.305. The number of allylic oxidation sites excluding steroid dienone is 14. The number of aliphatic hydroxyl groups is 4. The molecule has 0 aromatic rings. The van der Waals surface area contributed by atoms with Crippen molar-refractivity contribution in [1.82, 2.24) is 0 Å². The van der Waals surface area contributed by atoms with Crippen molar-refractivity contribution in [3.05, 3.63) is 85.1 Å². The summed E-state index contributed by atoms with van der Waals surface area (Å²) in [5.41, 5.74) is 0. The van der Waals surface area contributed by atoms with E-state index in [0.29, 0.717) is 13.0 Å². The first-order valence-electron chi connectivity index (χ1n) is 22.7. The molecule has 0 spiro atoms. The fourth-order valence-electron chi connectivity index (χ4n) is 6.25. The highest BCUT2D eigenvalue weighted by Gasteiger charge is 2.44.